The lowest BCUT2D eigenvalue weighted by atomic mass is 10.1. The van der Waals surface area contributed by atoms with Crippen LogP contribution in [0, 0.1) is 34.0 Å². The van der Waals surface area contributed by atoms with Crippen molar-refractivity contribution in [2.75, 3.05) is 0 Å². The van der Waals surface area contributed by atoms with E-state index in [2.05, 4.69) is 117 Å². The summed E-state index contributed by atoms with van der Waals surface area (Å²) in [5, 5.41) is 35.5. The normalized spacial score (nSPS) is 11.5. The second kappa shape index (κ2) is 10.7. The SMILES string of the molecule is N#Cc1ccc2c(c1)c1cc(C#N)ccc1n2-c1cccc(-n2c3ccccc3c3cc4c5cc(C#N)ccc5n(-c5ccccc5)c4cc32)c1. The van der Waals surface area contributed by atoms with E-state index in [9.17, 15) is 15.8 Å². The molecule has 0 saturated carbocycles. The lowest BCUT2D eigenvalue weighted by Gasteiger charge is -2.13. The van der Waals surface area contributed by atoms with Gasteiger partial charge >= 0.3 is 0 Å². The number of rotatable bonds is 3. The van der Waals surface area contributed by atoms with Gasteiger partial charge in [-0.2, -0.15) is 15.8 Å². The first kappa shape index (κ1) is 28.4. The minimum absolute atomic E-state index is 0.575. The van der Waals surface area contributed by atoms with Crippen LogP contribution in [0.5, 0.6) is 0 Å². The lowest BCUT2D eigenvalue weighted by Crippen LogP contribution is -1.99. The zero-order chi connectivity index (χ0) is 34.2. The van der Waals surface area contributed by atoms with Gasteiger partial charge in [-0.05, 0) is 103 Å². The van der Waals surface area contributed by atoms with Crippen molar-refractivity contribution < 1.29 is 0 Å². The summed E-state index contributed by atoms with van der Waals surface area (Å²) in [5.41, 5.74) is 11.0. The molecule has 0 unspecified atom stereocenters. The van der Waals surface area contributed by atoms with Gasteiger partial charge in [-0.15, -0.1) is 0 Å². The van der Waals surface area contributed by atoms with Crippen LogP contribution in [0.1, 0.15) is 16.7 Å². The Labute approximate surface area is 291 Å². The number of para-hydroxylation sites is 2. The van der Waals surface area contributed by atoms with Crippen molar-refractivity contribution in [1.82, 2.24) is 13.7 Å². The molecule has 6 heteroatoms. The molecule has 7 aromatic carbocycles. The van der Waals surface area contributed by atoms with Gasteiger partial charge in [-0.3, -0.25) is 0 Å². The molecular weight excluding hydrogens is 625 g/mol. The molecule has 0 aliphatic rings. The molecule has 234 valence electrons. The van der Waals surface area contributed by atoms with Crippen LogP contribution in [0.25, 0.3) is 82.5 Å². The van der Waals surface area contributed by atoms with Gasteiger partial charge in [-0.25, -0.2) is 0 Å². The molecule has 51 heavy (non-hydrogen) atoms. The molecule has 10 rings (SSSR count). The van der Waals surface area contributed by atoms with Gasteiger partial charge < -0.3 is 13.7 Å². The molecule has 0 fully saturated rings. The average Bonchev–Trinajstić information content (AvgIpc) is 3.81. The highest BCUT2D eigenvalue weighted by molar-refractivity contribution is 6.19. The largest absolute Gasteiger partial charge is 0.309 e. The number of aromatic nitrogens is 3. The van der Waals surface area contributed by atoms with Crippen LogP contribution in [-0.2, 0) is 0 Å². The second-order valence-corrected chi connectivity index (χ2v) is 12.8. The second-order valence-electron chi connectivity index (χ2n) is 12.8. The van der Waals surface area contributed by atoms with Crippen molar-refractivity contribution in [3.8, 4) is 35.3 Å². The molecule has 0 spiro atoms. The van der Waals surface area contributed by atoms with Crippen LogP contribution in [-0.4, -0.2) is 13.7 Å². The predicted molar refractivity (Wildman–Crippen MR) is 204 cm³/mol. The van der Waals surface area contributed by atoms with Crippen molar-refractivity contribution in [3.63, 3.8) is 0 Å². The summed E-state index contributed by atoms with van der Waals surface area (Å²) in [4.78, 5) is 0. The van der Waals surface area contributed by atoms with Gasteiger partial charge in [-0.1, -0.05) is 42.5 Å². The molecule has 0 radical (unpaired) electrons. The summed E-state index contributed by atoms with van der Waals surface area (Å²) < 4.78 is 6.83. The monoisotopic (exact) mass is 648 g/mol. The molecule has 6 nitrogen and oxygen atoms in total. The van der Waals surface area contributed by atoms with Gasteiger partial charge in [0, 0.05) is 49.4 Å². The minimum atomic E-state index is 0.575. The van der Waals surface area contributed by atoms with Crippen molar-refractivity contribution in [2.45, 2.75) is 0 Å². The van der Waals surface area contributed by atoms with Crippen LogP contribution in [0.4, 0.5) is 0 Å². The Balaban J connectivity index is 1.28. The van der Waals surface area contributed by atoms with E-state index in [1.165, 1.54) is 0 Å². The van der Waals surface area contributed by atoms with Gasteiger partial charge in [0.25, 0.3) is 0 Å². The first-order chi connectivity index (χ1) is 25.1. The van der Waals surface area contributed by atoms with Crippen LogP contribution in [0.2, 0.25) is 0 Å². The quantitative estimate of drug-likeness (QED) is 0.191. The molecule has 0 aliphatic carbocycles. The summed E-state index contributed by atoms with van der Waals surface area (Å²) in [5.74, 6) is 0. The van der Waals surface area contributed by atoms with Gasteiger partial charge in [0.05, 0.1) is 68.0 Å². The van der Waals surface area contributed by atoms with E-state index in [4.69, 9.17) is 0 Å². The number of hydrogen-bond acceptors (Lipinski definition) is 3. The maximum atomic E-state index is 9.80. The van der Waals surface area contributed by atoms with Crippen LogP contribution in [0.3, 0.4) is 0 Å². The highest BCUT2D eigenvalue weighted by Crippen LogP contribution is 2.41. The smallest absolute Gasteiger partial charge is 0.0991 e. The molecule has 0 aliphatic heterocycles. The molecule has 0 atom stereocenters. The molecule has 3 heterocycles. The first-order valence-electron chi connectivity index (χ1n) is 16.6. The van der Waals surface area contributed by atoms with Crippen LogP contribution in [0.15, 0.2) is 146 Å². The Morgan fingerprint density at radius 3 is 1.25 bits per heavy atom. The van der Waals surface area contributed by atoms with Gasteiger partial charge in [0.1, 0.15) is 0 Å². The molecule has 0 saturated heterocycles. The lowest BCUT2D eigenvalue weighted by molar-refractivity contribution is 1.13. The Morgan fingerprint density at radius 2 is 0.706 bits per heavy atom. The molecule has 0 N–H and O–H groups in total. The zero-order valence-corrected chi connectivity index (χ0v) is 27.0. The number of fused-ring (bicyclic) bond motifs is 9. The van der Waals surface area contributed by atoms with Crippen molar-refractivity contribution >= 4 is 65.4 Å². The third-order valence-electron chi connectivity index (χ3n) is 10.1. The van der Waals surface area contributed by atoms with E-state index >= 15 is 0 Å². The summed E-state index contributed by atoms with van der Waals surface area (Å²) in [6.07, 6.45) is 0. The molecule has 0 bridgehead atoms. The van der Waals surface area contributed by atoms with E-state index in [1.54, 1.807) is 0 Å². The fourth-order valence-corrected chi connectivity index (χ4v) is 7.90. The fourth-order valence-electron chi connectivity index (χ4n) is 7.90. The van der Waals surface area contributed by atoms with E-state index in [0.29, 0.717) is 16.7 Å². The van der Waals surface area contributed by atoms with E-state index < -0.39 is 0 Å². The standard InChI is InChI=1S/C45H24N6/c46-25-28-14-17-42-35(19-28)36-20-29(26-47)15-18-43(36)50(42)32-9-6-10-33(22-32)51-40-12-5-4-11-34(40)38-23-39-37-21-30(27-48)13-16-41(37)49(45(39)24-44(38)51)31-7-2-1-3-8-31/h1-24H. The number of benzene rings is 7. The summed E-state index contributed by atoms with van der Waals surface area (Å²) in [6.45, 7) is 0. The Kier molecular flexibility index (Phi) is 5.97. The van der Waals surface area contributed by atoms with Gasteiger partial charge in [0.15, 0.2) is 0 Å². The zero-order valence-electron chi connectivity index (χ0n) is 27.0. The maximum Gasteiger partial charge on any atom is 0.0991 e. The number of hydrogen-bond donors (Lipinski definition) is 0. The highest BCUT2D eigenvalue weighted by atomic mass is 15.0. The van der Waals surface area contributed by atoms with Gasteiger partial charge in [0.2, 0.25) is 0 Å². The summed E-state index contributed by atoms with van der Waals surface area (Å²) in [7, 11) is 0. The Bertz CT molecular complexity index is 3150. The maximum absolute atomic E-state index is 9.80. The van der Waals surface area contributed by atoms with E-state index in [0.717, 1.165) is 82.5 Å². The third-order valence-corrected chi connectivity index (χ3v) is 10.1. The summed E-state index contributed by atoms with van der Waals surface area (Å²) in [6, 6.07) is 56.2. The van der Waals surface area contributed by atoms with Crippen molar-refractivity contribution in [3.05, 3.63) is 162 Å². The Hall–Kier alpha value is -7.59. The number of nitriles is 3. The fraction of sp³-hybridized carbons (Fsp3) is 0. The highest BCUT2D eigenvalue weighted by Gasteiger charge is 2.20. The molecular formula is C45H24N6. The topological polar surface area (TPSA) is 86.2 Å². The first-order valence-corrected chi connectivity index (χ1v) is 16.6. The molecule has 10 aromatic rings. The van der Waals surface area contributed by atoms with Crippen molar-refractivity contribution in [2.24, 2.45) is 0 Å². The molecule has 3 aromatic heterocycles. The minimum Gasteiger partial charge on any atom is -0.309 e. The van der Waals surface area contributed by atoms with E-state index in [-0.39, 0.29) is 0 Å². The predicted octanol–water partition coefficient (Wildman–Crippen LogP) is 10.6. The average molecular weight is 649 g/mol. The Morgan fingerprint density at radius 1 is 0.294 bits per heavy atom. The third kappa shape index (κ3) is 4.07. The van der Waals surface area contributed by atoms with Crippen LogP contribution >= 0.6 is 0 Å². The van der Waals surface area contributed by atoms with Crippen LogP contribution < -0.4 is 0 Å². The molecule has 0 amide bonds. The van der Waals surface area contributed by atoms with Crippen molar-refractivity contribution in [1.29, 1.82) is 15.8 Å². The summed E-state index contributed by atoms with van der Waals surface area (Å²) >= 11 is 0. The van der Waals surface area contributed by atoms with E-state index in [1.807, 2.05) is 60.7 Å². The number of nitrogens with zero attached hydrogens (tertiary/aromatic N) is 6.